The molecule has 37 heavy (non-hydrogen) atoms. The van der Waals surface area contributed by atoms with E-state index in [0.717, 1.165) is 17.8 Å². The number of thioether (sulfide) groups is 1. The number of hydrogen-bond donors (Lipinski definition) is 0. The molecule has 0 radical (unpaired) electrons. The smallest absolute Gasteiger partial charge is 0.416 e. The highest BCUT2D eigenvalue weighted by molar-refractivity contribution is 9.11. The minimum atomic E-state index is -4.76. The van der Waals surface area contributed by atoms with E-state index in [1.165, 1.54) is 23.1 Å². The topological polar surface area (TPSA) is 72.7 Å². The van der Waals surface area contributed by atoms with Crippen LogP contribution in [0.3, 0.4) is 0 Å². The fraction of sp³-hybridized carbons (Fsp3) is 0.0435. The van der Waals surface area contributed by atoms with Crippen LogP contribution in [0.4, 0.5) is 28.9 Å². The van der Waals surface area contributed by atoms with Gasteiger partial charge in [0.2, 0.25) is 5.75 Å². The number of nitro groups is 1. The fourth-order valence-corrected chi connectivity index (χ4v) is 5.93. The first-order valence-corrected chi connectivity index (χ1v) is 12.7. The molecule has 14 heteroatoms. The Bertz CT molecular complexity index is 1470. The van der Waals surface area contributed by atoms with Crippen LogP contribution in [-0.2, 0) is 11.0 Å². The van der Waals surface area contributed by atoms with Gasteiger partial charge in [-0.05, 0) is 86.0 Å². The molecule has 4 rings (SSSR count). The van der Waals surface area contributed by atoms with Crippen LogP contribution in [0.15, 0.2) is 68.4 Å². The lowest BCUT2D eigenvalue weighted by molar-refractivity contribution is -0.385. The third kappa shape index (κ3) is 5.87. The molecule has 0 unspecified atom stereocenters. The number of benzene rings is 3. The Hall–Kier alpha value is -2.81. The predicted octanol–water partition coefficient (Wildman–Crippen LogP) is 8.48. The number of thiocarbonyl (C=S) groups is 1. The summed E-state index contributed by atoms with van der Waals surface area (Å²) in [6.45, 7) is 0. The lowest BCUT2D eigenvalue weighted by Gasteiger charge is -2.14. The molecule has 3 aromatic rings. The Kier molecular flexibility index (Phi) is 7.74. The van der Waals surface area contributed by atoms with Gasteiger partial charge in [-0.15, -0.1) is 0 Å². The first-order chi connectivity index (χ1) is 17.3. The van der Waals surface area contributed by atoms with Gasteiger partial charge < -0.3 is 4.74 Å². The maximum Gasteiger partial charge on any atom is 0.416 e. The van der Waals surface area contributed by atoms with Crippen molar-refractivity contribution in [1.29, 1.82) is 0 Å². The molecule has 1 aliphatic heterocycles. The van der Waals surface area contributed by atoms with Gasteiger partial charge in [-0.1, -0.05) is 30.0 Å². The maximum atomic E-state index is 13.6. The van der Waals surface area contributed by atoms with Gasteiger partial charge in [-0.25, -0.2) is 4.39 Å². The largest absolute Gasteiger partial charge is 0.448 e. The summed E-state index contributed by atoms with van der Waals surface area (Å²) in [6, 6.07) is 10.5. The van der Waals surface area contributed by atoms with Crippen LogP contribution >= 0.6 is 55.8 Å². The van der Waals surface area contributed by atoms with Crippen molar-refractivity contribution >= 4 is 83.5 Å². The van der Waals surface area contributed by atoms with E-state index in [9.17, 15) is 32.5 Å². The zero-order valence-corrected chi connectivity index (χ0v) is 22.7. The van der Waals surface area contributed by atoms with Crippen molar-refractivity contribution < 1.29 is 32.0 Å². The summed E-state index contributed by atoms with van der Waals surface area (Å²) in [5.41, 5.74) is -1.25. The number of amides is 1. The predicted molar refractivity (Wildman–Crippen MR) is 142 cm³/mol. The van der Waals surface area contributed by atoms with Crippen LogP contribution in [0.1, 0.15) is 11.1 Å². The number of alkyl halides is 3. The summed E-state index contributed by atoms with van der Waals surface area (Å²) in [5, 5.41) is 11.4. The van der Waals surface area contributed by atoms with Crippen LogP contribution in [0.2, 0.25) is 0 Å². The molecule has 1 fully saturated rings. The molecule has 0 spiro atoms. The van der Waals surface area contributed by atoms with Crippen molar-refractivity contribution in [1.82, 2.24) is 0 Å². The molecule has 190 valence electrons. The Balaban J connectivity index is 1.64. The molecule has 0 bridgehead atoms. The maximum absolute atomic E-state index is 13.6. The van der Waals surface area contributed by atoms with E-state index in [4.69, 9.17) is 17.0 Å². The summed E-state index contributed by atoms with van der Waals surface area (Å²) >= 11 is 12.9. The molecule has 0 aromatic heterocycles. The van der Waals surface area contributed by atoms with Crippen molar-refractivity contribution in [2.75, 3.05) is 4.90 Å². The van der Waals surface area contributed by atoms with Gasteiger partial charge in [0.1, 0.15) is 5.82 Å². The highest BCUT2D eigenvalue weighted by Crippen LogP contribution is 2.43. The molecule has 0 aliphatic carbocycles. The molecule has 6 nitrogen and oxygen atoms in total. The summed E-state index contributed by atoms with van der Waals surface area (Å²) in [6.07, 6.45) is -3.22. The third-order valence-corrected chi connectivity index (χ3v) is 7.35. The van der Waals surface area contributed by atoms with Crippen LogP contribution in [-0.4, -0.2) is 15.2 Å². The van der Waals surface area contributed by atoms with E-state index in [0.29, 0.717) is 26.6 Å². The summed E-state index contributed by atoms with van der Waals surface area (Å²) in [7, 11) is 0. The summed E-state index contributed by atoms with van der Waals surface area (Å²) in [4.78, 5) is 24.8. The zero-order valence-electron chi connectivity index (χ0n) is 17.9. The lowest BCUT2D eigenvalue weighted by atomic mass is 10.1. The first kappa shape index (κ1) is 27.2. The van der Waals surface area contributed by atoms with Crippen molar-refractivity contribution in [2.45, 2.75) is 6.18 Å². The monoisotopic (exact) mass is 676 g/mol. The first-order valence-electron chi connectivity index (χ1n) is 9.91. The molecule has 1 saturated heterocycles. The number of rotatable bonds is 5. The van der Waals surface area contributed by atoms with Crippen molar-refractivity contribution in [3.63, 3.8) is 0 Å². The molecule has 0 atom stereocenters. The van der Waals surface area contributed by atoms with E-state index >= 15 is 0 Å². The van der Waals surface area contributed by atoms with E-state index in [1.54, 1.807) is 24.3 Å². The van der Waals surface area contributed by atoms with E-state index in [-0.39, 0.29) is 20.7 Å². The van der Waals surface area contributed by atoms with Crippen molar-refractivity contribution in [3.8, 4) is 11.5 Å². The second-order valence-corrected chi connectivity index (χ2v) is 10.7. The average molecular weight is 678 g/mol. The molecule has 1 aliphatic rings. The molecule has 3 aromatic carbocycles. The Morgan fingerprint density at radius 2 is 1.76 bits per heavy atom. The minimum Gasteiger partial charge on any atom is -0.448 e. The Morgan fingerprint density at radius 3 is 2.35 bits per heavy atom. The molecule has 0 N–H and O–H groups in total. The quantitative estimate of drug-likeness (QED) is 0.0887. The van der Waals surface area contributed by atoms with Crippen LogP contribution in [0.5, 0.6) is 11.5 Å². The number of nitrogens with zero attached hydrogens (tertiary/aromatic N) is 2. The van der Waals surface area contributed by atoms with Gasteiger partial charge in [0.15, 0.2) is 10.1 Å². The second kappa shape index (κ2) is 10.5. The van der Waals surface area contributed by atoms with Gasteiger partial charge in [-0.3, -0.25) is 19.8 Å². The summed E-state index contributed by atoms with van der Waals surface area (Å²) in [5.74, 6) is -1.31. The van der Waals surface area contributed by atoms with E-state index < -0.39 is 39.8 Å². The van der Waals surface area contributed by atoms with Gasteiger partial charge >= 0.3 is 11.9 Å². The van der Waals surface area contributed by atoms with Gasteiger partial charge in [-0.2, -0.15) is 13.2 Å². The number of carbonyl (C=O) groups is 1. The molecular weight excluding hydrogens is 668 g/mol. The Morgan fingerprint density at radius 1 is 1.08 bits per heavy atom. The number of carbonyl (C=O) groups excluding carboxylic acids is 1. The Labute approximate surface area is 232 Å². The summed E-state index contributed by atoms with van der Waals surface area (Å²) < 4.78 is 59.0. The van der Waals surface area contributed by atoms with E-state index in [2.05, 4.69) is 31.9 Å². The highest BCUT2D eigenvalue weighted by Gasteiger charge is 2.35. The SMILES string of the molecule is O=C1C(=Cc2cc(Br)c(Oc3ccc(C(F)(F)F)cc3[N+](=O)[O-])c(Br)c2)SC(=S)N1c1cccc(F)c1. The fourth-order valence-electron chi connectivity index (χ4n) is 3.25. The number of nitro benzene ring substituents is 1. The van der Waals surface area contributed by atoms with E-state index in [1.807, 2.05) is 0 Å². The normalized spacial score (nSPS) is 15.0. The molecule has 1 amide bonds. The second-order valence-electron chi connectivity index (χ2n) is 7.35. The highest BCUT2D eigenvalue weighted by atomic mass is 79.9. The lowest BCUT2D eigenvalue weighted by Crippen LogP contribution is -2.27. The number of ether oxygens (including phenoxy) is 1. The zero-order chi connectivity index (χ0) is 27.1. The average Bonchev–Trinajstić information content (AvgIpc) is 3.08. The number of hydrogen-bond acceptors (Lipinski definition) is 6. The van der Waals surface area contributed by atoms with Gasteiger partial charge in [0, 0.05) is 6.07 Å². The number of anilines is 1. The molecular formula is C23H10Br2F4N2O4S2. The van der Waals surface area contributed by atoms with Crippen molar-refractivity contribution in [3.05, 3.63) is 95.5 Å². The van der Waals surface area contributed by atoms with Crippen LogP contribution in [0.25, 0.3) is 6.08 Å². The van der Waals surface area contributed by atoms with Crippen LogP contribution < -0.4 is 9.64 Å². The third-order valence-electron chi connectivity index (χ3n) is 4.87. The van der Waals surface area contributed by atoms with Crippen LogP contribution in [0, 0.1) is 15.9 Å². The number of halogens is 6. The minimum absolute atomic E-state index is 0.0623. The molecule has 0 saturated carbocycles. The standard InChI is InChI=1S/C23H10Br2F4N2O4S2/c24-15-6-11(8-19-21(32)30(22(36)37-19)14-3-1-2-13(26)10-14)7-16(25)20(15)35-18-5-4-12(23(27,28)29)9-17(18)31(33)34/h1-10H. The molecule has 1 heterocycles. The van der Waals surface area contributed by atoms with Gasteiger partial charge in [0.05, 0.1) is 30.0 Å². The van der Waals surface area contributed by atoms with Crippen molar-refractivity contribution in [2.24, 2.45) is 0 Å². The van der Waals surface area contributed by atoms with Gasteiger partial charge in [0.25, 0.3) is 5.91 Å².